The molecule has 0 saturated carbocycles. The summed E-state index contributed by atoms with van der Waals surface area (Å²) in [6, 6.07) is 8.20. The second kappa shape index (κ2) is 6.68. The van der Waals surface area contributed by atoms with Crippen molar-refractivity contribution in [3.8, 4) is 0 Å². The first-order valence-electron chi connectivity index (χ1n) is 5.62. The van der Waals surface area contributed by atoms with E-state index in [0.717, 1.165) is 13.1 Å². The first kappa shape index (κ1) is 13.2. The molecule has 4 heteroatoms. The highest BCUT2D eigenvalue weighted by atomic mass is 16.2. The van der Waals surface area contributed by atoms with Gasteiger partial charge in [-0.3, -0.25) is 9.79 Å². The Balaban J connectivity index is 0.000000209. The Kier molecular flexibility index (Phi) is 5.20. The van der Waals surface area contributed by atoms with Crippen molar-refractivity contribution in [3.05, 3.63) is 29.8 Å². The Morgan fingerprint density at radius 1 is 1.35 bits per heavy atom. The number of aliphatic imine (C=N–C) groups is 1. The maximum Gasteiger partial charge on any atom is 0.218 e. The average Bonchev–Trinajstić information content (AvgIpc) is 2.54. The molecule has 0 fully saturated rings. The number of hydrogen-bond donors (Lipinski definition) is 1. The van der Waals surface area contributed by atoms with E-state index in [1.807, 2.05) is 18.3 Å². The van der Waals surface area contributed by atoms with E-state index in [4.69, 9.17) is 0 Å². The van der Waals surface area contributed by atoms with Crippen LogP contribution in [0.1, 0.15) is 12.5 Å². The number of carbonyl (C=O) groups is 1. The molecular formula is C13H19N3O. The van der Waals surface area contributed by atoms with Gasteiger partial charge in [-0.05, 0) is 6.07 Å². The van der Waals surface area contributed by atoms with E-state index in [-0.39, 0.29) is 5.91 Å². The smallest absolute Gasteiger partial charge is 0.218 e. The van der Waals surface area contributed by atoms with Gasteiger partial charge in [0.25, 0.3) is 0 Å². The minimum atomic E-state index is 0.0926. The van der Waals surface area contributed by atoms with Gasteiger partial charge in [-0.2, -0.15) is 0 Å². The maximum absolute atomic E-state index is 10.1. The summed E-state index contributed by atoms with van der Waals surface area (Å²) in [5, 5.41) is 3.30. The summed E-state index contributed by atoms with van der Waals surface area (Å²) in [7, 11) is 3.45. The number of fused-ring (bicyclic) bond motifs is 1. The Morgan fingerprint density at radius 2 is 2.00 bits per heavy atom. The molecular weight excluding hydrogens is 214 g/mol. The van der Waals surface area contributed by atoms with Crippen molar-refractivity contribution in [2.45, 2.75) is 6.92 Å². The number of para-hydroxylation sites is 1. The first-order chi connectivity index (χ1) is 8.11. The summed E-state index contributed by atoms with van der Waals surface area (Å²) < 4.78 is 0. The number of nitrogens with zero attached hydrogens (tertiary/aromatic N) is 2. The fraction of sp³-hybridized carbons (Fsp3) is 0.385. The van der Waals surface area contributed by atoms with Crippen molar-refractivity contribution in [1.82, 2.24) is 4.90 Å². The number of benzene rings is 1. The van der Waals surface area contributed by atoms with Crippen LogP contribution in [-0.4, -0.2) is 44.2 Å². The number of hydrogen-bond acceptors (Lipinski definition) is 3. The lowest BCUT2D eigenvalue weighted by atomic mass is 10.2. The Labute approximate surface area is 102 Å². The van der Waals surface area contributed by atoms with Crippen molar-refractivity contribution < 1.29 is 4.79 Å². The van der Waals surface area contributed by atoms with Crippen LogP contribution in [-0.2, 0) is 4.79 Å². The Hall–Kier alpha value is -1.84. The molecule has 1 heterocycles. The molecule has 0 atom stereocenters. The molecule has 1 amide bonds. The predicted molar refractivity (Wildman–Crippen MR) is 71.8 cm³/mol. The highest BCUT2D eigenvalue weighted by molar-refractivity contribution is 5.88. The molecule has 0 saturated heterocycles. The van der Waals surface area contributed by atoms with Crippen LogP contribution in [0.4, 0.5) is 5.69 Å². The van der Waals surface area contributed by atoms with Crippen molar-refractivity contribution in [2.75, 3.05) is 32.5 Å². The minimum absolute atomic E-state index is 0.0926. The van der Waals surface area contributed by atoms with Crippen molar-refractivity contribution in [1.29, 1.82) is 0 Å². The third-order valence-electron chi connectivity index (χ3n) is 2.38. The van der Waals surface area contributed by atoms with Crippen LogP contribution in [0.15, 0.2) is 29.3 Å². The zero-order valence-electron chi connectivity index (χ0n) is 10.6. The SMILES string of the molecule is C1=NCCNc2ccccc21.CC(=O)N(C)C. The maximum atomic E-state index is 10.1. The predicted octanol–water partition coefficient (Wildman–Crippen LogP) is 1.63. The van der Waals surface area contributed by atoms with E-state index >= 15 is 0 Å². The Bertz CT molecular complexity index is 399. The van der Waals surface area contributed by atoms with Gasteiger partial charge in [-0.25, -0.2) is 0 Å². The fourth-order valence-corrected chi connectivity index (χ4v) is 1.19. The van der Waals surface area contributed by atoms with Crippen molar-refractivity contribution >= 4 is 17.8 Å². The molecule has 92 valence electrons. The third kappa shape index (κ3) is 4.68. The van der Waals surface area contributed by atoms with E-state index in [2.05, 4.69) is 22.4 Å². The molecule has 0 radical (unpaired) electrons. The lowest BCUT2D eigenvalue weighted by molar-refractivity contribution is -0.126. The van der Waals surface area contributed by atoms with Crippen LogP contribution in [0, 0.1) is 0 Å². The van der Waals surface area contributed by atoms with E-state index in [1.54, 1.807) is 14.1 Å². The number of benzodiazepines with no additional fused rings is 1. The highest BCUT2D eigenvalue weighted by Gasteiger charge is 1.99. The van der Waals surface area contributed by atoms with Crippen molar-refractivity contribution in [2.24, 2.45) is 4.99 Å². The molecule has 0 aromatic heterocycles. The third-order valence-corrected chi connectivity index (χ3v) is 2.38. The van der Waals surface area contributed by atoms with Gasteiger partial charge in [-0.1, -0.05) is 18.2 Å². The monoisotopic (exact) mass is 233 g/mol. The van der Waals surface area contributed by atoms with Crippen LogP contribution in [0.25, 0.3) is 0 Å². The number of anilines is 1. The summed E-state index contributed by atoms with van der Waals surface area (Å²) in [5.74, 6) is 0.0926. The molecule has 1 N–H and O–H groups in total. The second-order valence-corrected chi connectivity index (χ2v) is 3.96. The zero-order valence-corrected chi connectivity index (χ0v) is 10.6. The number of amides is 1. The lowest BCUT2D eigenvalue weighted by Crippen LogP contribution is -2.17. The summed E-state index contributed by atoms with van der Waals surface area (Å²) in [6.07, 6.45) is 1.93. The zero-order chi connectivity index (χ0) is 12.7. The molecule has 0 unspecified atom stereocenters. The summed E-state index contributed by atoms with van der Waals surface area (Å²) in [4.78, 5) is 15.8. The number of carbonyl (C=O) groups excluding carboxylic acids is 1. The molecule has 2 rings (SSSR count). The standard InChI is InChI=1S/C9H10N2.C4H9NO/c1-2-4-9-8(3-1)7-10-5-6-11-9;1-4(6)5(2)3/h1-4,7,11H,5-6H2;1-3H3. The molecule has 1 aromatic carbocycles. The van der Waals surface area contributed by atoms with Gasteiger partial charge in [-0.15, -0.1) is 0 Å². The van der Waals surface area contributed by atoms with Crippen LogP contribution in [0.5, 0.6) is 0 Å². The van der Waals surface area contributed by atoms with Gasteiger partial charge in [0.05, 0.1) is 6.54 Å². The normalized spacial score (nSPS) is 12.4. The summed E-state index contributed by atoms with van der Waals surface area (Å²) in [5.41, 5.74) is 2.37. The molecule has 17 heavy (non-hydrogen) atoms. The molecule has 0 spiro atoms. The van der Waals surface area contributed by atoms with Crippen LogP contribution < -0.4 is 5.32 Å². The van der Waals surface area contributed by atoms with Gasteiger partial charge in [0, 0.05) is 45.0 Å². The molecule has 4 nitrogen and oxygen atoms in total. The van der Waals surface area contributed by atoms with Gasteiger partial charge >= 0.3 is 0 Å². The van der Waals surface area contributed by atoms with Gasteiger partial charge in [0.1, 0.15) is 0 Å². The quantitative estimate of drug-likeness (QED) is 0.740. The molecule has 1 aromatic rings. The summed E-state index contributed by atoms with van der Waals surface area (Å²) >= 11 is 0. The van der Waals surface area contributed by atoms with Crippen LogP contribution >= 0.6 is 0 Å². The Morgan fingerprint density at radius 3 is 2.65 bits per heavy atom. The second-order valence-electron chi connectivity index (χ2n) is 3.96. The van der Waals surface area contributed by atoms with E-state index in [0.29, 0.717) is 0 Å². The van der Waals surface area contributed by atoms with Gasteiger partial charge in [0.15, 0.2) is 0 Å². The number of rotatable bonds is 0. The number of nitrogens with one attached hydrogen (secondary N) is 1. The van der Waals surface area contributed by atoms with Crippen molar-refractivity contribution in [3.63, 3.8) is 0 Å². The molecule has 0 aliphatic carbocycles. The first-order valence-corrected chi connectivity index (χ1v) is 5.62. The minimum Gasteiger partial charge on any atom is -0.383 e. The van der Waals surface area contributed by atoms with E-state index < -0.39 is 0 Å². The summed E-state index contributed by atoms with van der Waals surface area (Å²) in [6.45, 7) is 3.34. The van der Waals surface area contributed by atoms with Gasteiger partial charge < -0.3 is 10.2 Å². The fourth-order valence-electron chi connectivity index (χ4n) is 1.19. The highest BCUT2D eigenvalue weighted by Crippen LogP contribution is 2.13. The average molecular weight is 233 g/mol. The molecule has 1 aliphatic rings. The lowest BCUT2D eigenvalue weighted by Gasteiger charge is -2.03. The molecule has 1 aliphatic heterocycles. The largest absolute Gasteiger partial charge is 0.383 e. The van der Waals surface area contributed by atoms with E-state index in [9.17, 15) is 4.79 Å². The van der Waals surface area contributed by atoms with Crippen LogP contribution in [0.3, 0.4) is 0 Å². The van der Waals surface area contributed by atoms with Crippen LogP contribution in [0.2, 0.25) is 0 Å². The topological polar surface area (TPSA) is 44.7 Å². The van der Waals surface area contributed by atoms with E-state index in [1.165, 1.54) is 23.1 Å². The molecule has 0 bridgehead atoms. The van der Waals surface area contributed by atoms with Gasteiger partial charge in [0.2, 0.25) is 5.91 Å².